The lowest BCUT2D eigenvalue weighted by Gasteiger charge is -2.34. The highest BCUT2D eigenvalue weighted by Gasteiger charge is 2.16. The maximum absolute atomic E-state index is 12.8. The molecule has 0 aromatic heterocycles. The summed E-state index contributed by atoms with van der Waals surface area (Å²) in [6.45, 7) is 1.99. The fourth-order valence-electron chi connectivity index (χ4n) is 1.35. The Hall–Kier alpha value is -1.25. The van der Waals surface area contributed by atoms with Gasteiger partial charge in [-0.05, 0) is 24.6 Å². The zero-order valence-electron chi connectivity index (χ0n) is 6.76. The maximum atomic E-state index is 12.8. The number of anilines is 2. The number of rotatable bonds is 1. The van der Waals surface area contributed by atoms with Crippen molar-refractivity contribution in [2.24, 2.45) is 0 Å². The third-order valence-electron chi connectivity index (χ3n) is 2.19. The summed E-state index contributed by atoms with van der Waals surface area (Å²) in [5.41, 5.74) is 7.19. The van der Waals surface area contributed by atoms with Crippen LogP contribution in [0.1, 0.15) is 6.42 Å². The summed E-state index contributed by atoms with van der Waals surface area (Å²) < 4.78 is 12.8. The van der Waals surface area contributed by atoms with Gasteiger partial charge in [0.15, 0.2) is 0 Å². The summed E-state index contributed by atoms with van der Waals surface area (Å²) in [6.07, 6.45) is 1.18. The van der Waals surface area contributed by atoms with E-state index >= 15 is 0 Å². The molecule has 3 heteroatoms. The first-order valence-electron chi connectivity index (χ1n) is 4.07. The van der Waals surface area contributed by atoms with Gasteiger partial charge in [-0.3, -0.25) is 0 Å². The third-order valence-corrected chi connectivity index (χ3v) is 2.19. The summed E-state index contributed by atoms with van der Waals surface area (Å²) in [5, 5.41) is 0. The van der Waals surface area contributed by atoms with Crippen molar-refractivity contribution in [3.8, 4) is 0 Å². The summed E-state index contributed by atoms with van der Waals surface area (Å²) in [4.78, 5) is 2.08. The number of benzene rings is 1. The molecule has 0 spiro atoms. The maximum Gasteiger partial charge on any atom is 0.125 e. The van der Waals surface area contributed by atoms with Crippen LogP contribution in [0.15, 0.2) is 18.2 Å². The first-order valence-corrected chi connectivity index (χ1v) is 4.07. The van der Waals surface area contributed by atoms with Gasteiger partial charge in [0.05, 0.1) is 11.4 Å². The number of halogens is 1. The molecule has 1 aromatic carbocycles. The fourth-order valence-corrected chi connectivity index (χ4v) is 1.35. The van der Waals surface area contributed by atoms with E-state index in [1.165, 1.54) is 18.6 Å². The fraction of sp³-hybridized carbons (Fsp3) is 0.333. The molecule has 0 bridgehead atoms. The Morgan fingerprint density at radius 2 is 2.08 bits per heavy atom. The quantitative estimate of drug-likeness (QED) is 0.642. The zero-order valence-corrected chi connectivity index (χ0v) is 6.76. The molecular weight excluding hydrogens is 155 g/mol. The Labute approximate surface area is 70.8 Å². The van der Waals surface area contributed by atoms with Crippen LogP contribution in [0, 0.1) is 5.82 Å². The second-order valence-electron chi connectivity index (χ2n) is 3.04. The van der Waals surface area contributed by atoms with Gasteiger partial charge in [0, 0.05) is 13.1 Å². The standard InChI is InChI=1S/C9H11FN2/c10-7-2-3-8(11)9(6-7)12-4-1-5-12/h2-3,6H,1,4-5,11H2. The molecule has 1 fully saturated rings. The van der Waals surface area contributed by atoms with Gasteiger partial charge >= 0.3 is 0 Å². The van der Waals surface area contributed by atoms with E-state index in [4.69, 9.17) is 5.73 Å². The van der Waals surface area contributed by atoms with Gasteiger partial charge in [-0.2, -0.15) is 0 Å². The lowest BCUT2D eigenvalue weighted by molar-refractivity contribution is 0.604. The molecule has 0 aliphatic carbocycles. The Morgan fingerprint density at radius 3 is 2.67 bits per heavy atom. The highest BCUT2D eigenvalue weighted by molar-refractivity contribution is 5.68. The first kappa shape index (κ1) is 7.40. The van der Waals surface area contributed by atoms with Crippen LogP contribution in [0.3, 0.4) is 0 Å². The van der Waals surface area contributed by atoms with E-state index in [1.54, 1.807) is 6.07 Å². The topological polar surface area (TPSA) is 29.3 Å². The molecule has 0 amide bonds. The molecule has 2 nitrogen and oxygen atoms in total. The van der Waals surface area contributed by atoms with Crippen LogP contribution in [0.5, 0.6) is 0 Å². The molecule has 1 heterocycles. The summed E-state index contributed by atoms with van der Waals surface area (Å²) in [6, 6.07) is 4.50. The average Bonchev–Trinajstić information content (AvgIpc) is 1.93. The Bertz CT molecular complexity index is 295. The van der Waals surface area contributed by atoms with Gasteiger partial charge < -0.3 is 10.6 Å². The summed E-state index contributed by atoms with van der Waals surface area (Å²) in [5.74, 6) is -0.217. The van der Waals surface area contributed by atoms with Crippen molar-refractivity contribution in [3.05, 3.63) is 24.0 Å². The van der Waals surface area contributed by atoms with Crippen molar-refractivity contribution in [1.29, 1.82) is 0 Å². The molecule has 1 aliphatic heterocycles. The highest BCUT2D eigenvalue weighted by Crippen LogP contribution is 2.27. The van der Waals surface area contributed by atoms with E-state index < -0.39 is 0 Å². The van der Waals surface area contributed by atoms with Crippen LogP contribution >= 0.6 is 0 Å². The van der Waals surface area contributed by atoms with E-state index in [1.807, 2.05) is 0 Å². The molecule has 1 aliphatic rings. The molecule has 0 unspecified atom stereocenters. The van der Waals surface area contributed by atoms with Crippen molar-refractivity contribution in [2.75, 3.05) is 23.7 Å². The largest absolute Gasteiger partial charge is 0.397 e. The normalized spacial score (nSPS) is 15.9. The van der Waals surface area contributed by atoms with Crippen LogP contribution in [-0.2, 0) is 0 Å². The molecule has 64 valence electrons. The number of nitrogen functional groups attached to an aromatic ring is 1. The van der Waals surface area contributed by atoms with Crippen molar-refractivity contribution in [2.45, 2.75) is 6.42 Å². The monoisotopic (exact) mass is 166 g/mol. The lowest BCUT2D eigenvalue weighted by Crippen LogP contribution is -2.37. The number of hydrogen-bond acceptors (Lipinski definition) is 2. The molecule has 0 saturated carbocycles. The van der Waals surface area contributed by atoms with Crippen LogP contribution in [0.2, 0.25) is 0 Å². The molecule has 0 radical (unpaired) electrons. The molecule has 12 heavy (non-hydrogen) atoms. The van der Waals surface area contributed by atoms with E-state index in [0.717, 1.165) is 18.8 Å². The highest BCUT2D eigenvalue weighted by atomic mass is 19.1. The lowest BCUT2D eigenvalue weighted by atomic mass is 10.1. The van der Waals surface area contributed by atoms with Crippen molar-refractivity contribution in [3.63, 3.8) is 0 Å². The SMILES string of the molecule is Nc1ccc(F)cc1N1CCC1. The molecule has 2 rings (SSSR count). The minimum atomic E-state index is -0.217. The molecule has 0 atom stereocenters. The van der Waals surface area contributed by atoms with E-state index in [-0.39, 0.29) is 5.82 Å². The Morgan fingerprint density at radius 1 is 1.33 bits per heavy atom. The average molecular weight is 166 g/mol. The van der Waals surface area contributed by atoms with Gasteiger partial charge in [0.1, 0.15) is 5.82 Å². The van der Waals surface area contributed by atoms with Crippen LogP contribution in [-0.4, -0.2) is 13.1 Å². The van der Waals surface area contributed by atoms with Gasteiger partial charge in [0.25, 0.3) is 0 Å². The van der Waals surface area contributed by atoms with Crippen molar-refractivity contribution in [1.82, 2.24) is 0 Å². The van der Waals surface area contributed by atoms with Gasteiger partial charge in [-0.1, -0.05) is 0 Å². The first-order chi connectivity index (χ1) is 5.77. The zero-order chi connectivity index (χ0) is 8.55. The number of hydrogen-bond donors (Lipinski definition) is 1. The molecular formula is C9H11FN2. The predicted molar refractivity (Wildman–Crippen MR) is 47.6 cm³/mol. The Kier molecular flexibility index (Phi) is 1.64. The number of nitrogens with two attached hydrogens (primary N) is 1. The number of nitrogens with zero attached hydrogens (tertiary/aromatic N) is 1. The minimum Gasteiger partial charge on any atom is -0.397 e. The predicted octanol–water partition coefficient (Wildman–Crippen LogP) is 1.62. The second kappa shape index (κ2) is 2.66. The van der Waals surface area contributed by atoms with E-state index in [9.17, 15) is 4.39 Å². The summed E-state index contributed by atoms with van der Waals surface area (Å²) >= 11 is 0. The van der Waals surface area contributed by atoms with Crippen molar-refractivity contribution < 1.29 is 4.39 Å². The third kappa shape index (κ3) is 1.11. The van der Waals surface area contributed by atoms with Crippen LogP contribution < -0.4 is 10.6 Å². The molecule has 1 aromatic rings. The van der Waals surface area contributed by atoms with Crippen LogP contribution in [0.4, 0.5) is 15.8 Å². The van der Waals surface area contributed by atoms with E-state index in [0.29, 0.717) is 5.69 Å². The Balaban J connectivity index is 2.34. The molecule has 1 saturated heterocycles. The minimum absolute atomic E-state index is 0.217. The second-order valence-corrected chi connectivity index (χ2v) is 3.04. The van der Waals surface area contributed by atoms with Crippen molar-refractivity contribution >= 4 is 11.4 Å². The summed E-state index contributed by atoms with van der Waals surface area (Å²) in [7, 11) is 0. The smallest absolute Gasteiger partial charge is 0.125 e. The van der Waals surface area contributed by atoms with Gasteiger partial charge in [0.2, 0.25) is 0 Å². The van der Waals surface area contributed by atoms with Gasteiger partial charge in [-0.25, -0.2) is 4.39 Å². The molecule has 2 N–H and O–H groups in total. The van der Waals surface area contributed by atoms with E-state index in [2.05, 4.69) is 4.90 Å². The van der Waals surface area contributed by atoms with Crippen LogP contribution in [0.25, 0.3) is 0 Å². The van der Waals surface area contributed by atoms with Gasteiger partial charge in [-0.15, -0.1) is 0 Å².